The molecule has 0 aromatic carbocycles. The summed E-state index contributed by atoms with van der Waals surface area (Å²) in [6.07, 6.45) is 1.74. The standard InChI is InChI=1S/C27H39N5O5S/c1-26(2,3)21-12-11-20-24(29-21)32-15-17(14-27(32,4)5)9-10-18(13-19(34)16-33)28-22-7-6-8-23(30-22)38(36,37)31-25(20)35/h6-8,11-12,17-19,33-34H,9-10,13-16H2,1-5H3,(H,28,30)(H,31,35)/t17-,18?,19?/m0/s1. The van der Waals surface area contributed by atoms with Gasteiger partial charge in [0.05, 0.1) is 18.3 Å². The number of nitrogens with zero attached hydrogens (tertiary/aromatic N) is 3. The van der Waals surface area contributed by atoms with Crippen molar-refractivity contribution >= 4 is 27.6 Å². The topological polar surface area (TPSA) is 145 Å². The monoisotopic (exact) mass is 545 g/mol. The minimum absolute atomic E-state index is 0.198. The number of carbonyl (C=O) groups excluding carboxylic acids is 1. The molecule has 10 nitrogen and oxygen atoms in total. The van der Waals surface area contributed by atoms with Crippen LogP contribution in [0.2, 0.25) is 0 Å². The number of pyridine rings is 2. The van der Waals surface area contributed by atoms with E-state index in [2.05, 4.69) is 33.8 Å². The summed E-state index contributed by atoms with van der Waals surface area (Å²) in [5.74, 6) is 0.311. The molecule has 3 atom stereocenters. The van der Waals surface area contributed by atoms with Crippen molar-refractivity contribution in [3.8, 4) is 0 Å². The number of anilines is 2. The molecule has 4 rings (SSSR count). The van der Waals surface area contributed by atoms with Gasteiger partial charge in [-0.3, -0.25) is 4.79 Å². The summed E-state index contributed by atoms with van der Waals surface area (Å²) in [4.78, 5) is 24.7. The van der Waals surface area contributed by atoms with Crippen LogP contribution in [-0.4, -0.2) is 65.3 Å². The summed E-state index contributed by atoms with van der Waals surface area (Å²) in [5.41, 5.74) is 0.414. The third-order valence-electron chi connectivity index (χ3n) is 7.37. The van der Waals surface area contributed by atoms with Crippen LogP contribution in [-0.2, 0) is 15.4 Å². The van der Waals surface area contributed by atoms with Crippen LogP contribution in [0.15, 0.2) is 35.4 Å². The number of nitrogens with one attached hydrogen (secondary N) is 2. The summed E-state index contributed by atoms with van der Waals surface area (Å²) in [6.45, 7) is 10.6. The number of hydrogen-bond acceptors (Lipinski definition) is 9. The number of carbonyl (C=O) groups is 1. The molecular weight excluding hydrogens is 506 g/mol. The summed E-state index contributed by atoms with van der Waals surface area (Å²) >= 11 is 0. The second-order valence-electron chi connectivity index (χ2n) is 12.1. The highest BCUT2D eigenvalue weighted by Gasteiger charge is 2.41. The second-order valence-corrected chi connectivity index (χ2v) is 13.7. The van der Waals surface area contributed by atoms with E-state index in [-0.39, 0.29) is 46.5 Å². The number of aromatic nitrogens is 2. The molecule has 11 heteroatoms. The summed E-state index contributed by atoms with van der Waals surface area (Å²) in [5, 5.41) is 22.5. The zero-order valence-corrected chi connectivity index (χ0v) is 23.5. The molecule has 1 saturated heterocycles. The van der Waals surface area contributed by atoms with Crippen LogP contribution in [0.3, 0.4) is 0 Å². The smallest absolute Gasteiger partial charge is 0.281 e. The lowest BCUT2D eigenvalue weighted by molar-refractivity contribution is 0.0830. The van der Waals surface area contributed by atoms with Crippen molar-refractivity contribution in [1.29, 1.82) is 0 Å². The lowest BCUT2D eigenvalue weighted by atomic mass is 9.90. The highest BCUT2D eigenvalue weighted by atomic mass is 32.2. The first-order valence-electron chi connectivity index (χ1n) is 13.1. The Kier molecular flexibility index (Phi) is 7.75. The van der Waals surface area contributed by atoms with E-state index in [1.807, 2.05) is 20.8 Å². The maximum absolute atomic E-state index is 13.5. The van der Waals surface area contributed by atoms with Gasteiger partial charge >= 0.3 is 0 Å². The van der Waals surface area contributed by atoms with E-state index < -0.39 is 22.0 Å². The predicted octanol–water partition coefficient (Wildman–Crippen LogP) is 2.82. The molecule has 38 heavy (non-hydrogen) atoms. The lowest BCUT2D eigenvalue weighted by Gasteiger charge is -2.34. The zero-order chi connectivity index (χ0) is 27.9. The molecule has 2 aliphatic rings. The van der Waals surface area contributed by atoms with Crippen LogP contribution in [0.25, 0.3) is 0 Å². The Morgan fingerprint density at radius 2 is 1.89 bits per heavy atom. The first kappa shape index (κ1) is 28.3. The van der Waals surface area contributed by atoms with Crippen LogP contribution >= 0.6 is 0 Å². The van der Waals surface area contributed by atoms with E-state index >= 15 is 0 Å². The molecule has 0 spiro atoms. The molecule has 2 unspecified atom stereocenters. The summed E-state index contributed by atoms with van der Waals surface area (Å²) in [6, 6.07) is 7.72. The van der Waals surface area contributed by atoms with Gasteiger partial charge in [-0.15, -0.1) is 0 Å². The van der Waals surface area contributed by atoms with Gasteiger partial charge in [0.15, 0.2) is 5.03 Å². The normalized spacial score (nSPS) is 23.9. The van der Waals surface area contributed by atoms with Crippen molar-refractivity contribution in [2.24, 2.45) is 5.92 Å². The van der Waals surface area contributed by atoms with Gasteiger partial charge in [0, 0.05) is 29.2 Å². The molecule has 0 aliphatic carbocycles. The highest BCUT2D eigenvalue weighted by Crippen LogP contribution is 2.40. The van der Waals surface area contributed by atoms with Crippen molar-refractivity contribution in [2.45, 2.75) is 88.4 Å². The minimum atomic E-state index is -4.28. The fraction of sp³-hybridized carbons (Fsp3) is 0.593. The van der Waals surface area contributed by atoms with Crippen molar-refractivity contribution in [1.82, 2.24) is 14.7 Å². The Morgan fingerprint density at radius 1 is 1.16 bits per heavy atom. The molecule has 2 aromatic rings. The van der Waals surface area contributed by atoms with Crippen LogP contribution in [0, 0.1) is 5.92 Å². The third kappa shape index (κ3) is 6.10. The Morgan fingerprint density at radius 3 is 2.58 bits per heavy atom. The number of hydrogen-bond donors (Lipinski definition) is 4. The molecule has 2 aromatic heterocycles. The van der Waals surface area contributed by atoms with E-state index in [1.165, 1.54) is 6.07 Å². The number of aliphatic hydroxyl groups is 2. The predicted molar refractivity (Wildman–Crippen MR) is 146 cm³/mol. The van der Waals surface area contributed by atoms with Crippen molar-refractivity contribution in [2.75, 3.05) is 23.4 Å². The number of aliphatic hydroxyl groups excluding tert-OH is 2. The van der Waals surface area contributed by atoms with Gasteiger partial charge in [-0.1, -0.05) is 26.8 Å². The van der Waals surface area contributed by atoms with E-state index in [4.69, 9.17) is 4.98 Å². The van der Waals surface area contributed by atoms with Gasteiger partial charge in [0.2, 0.25) is 0 Å². The molecular formula is C27H39N5O5S. The highest BCUT2D eigenvalue weighted by molar-refractivity contribution is 7.90. The van der Waals surface area contributed by atoms with Crippen LogP contribution in [0.4, 0.5) is 11.6 Å². The Hall–Kier alpha value is -2.76. The van der Waals surface area contributed by atoms with Crippen LogP contribution in [0.5, 0.6) is 0 Å². The third-order valence-corrected chi connectivity index (χ3v) is 8.60. The summed E-state index contributed by atoms with van der Waals surface area (Å²) in [7, 11) is -4.28. The first-order chi connectivity index (χ1) is 17.7. The fourth-order valence-electron chi connectivity index (χ4n) is 5.37. The largest absolute Gasteiger partial charge is 0.394 e. The molecule has 208 valence electrons. The minimum Gasteiger partial charge on any atom is -0.394 e. The molecule has 1 fully saturated rings. The second kappa shape index (κ2) is 10.4. The average molecular weight is 546 g/mol. The van der Waals surface area contributed by atoms with Gasteiger partial charge in [0.1, 0.15) is 11.6 Å². The van der Waals surface area contributed by atoms with Gasteiger partial charge in [-0.2, -0.15) is 8.42 Å². The van der Waals surface area contributed by atoms with Gasteiger partial charge in [-0.25, -0.2) is 14.7 Å². The van der Waals surface area contributed by atoms with E-state index in [0.717, 1.165) is 18.5 Å². The lowest BCUT2D eigenvalue weighted by Crippen LogP contribution is -2.41. The summed E-state index contributed by atoms with van der Waals surface area (Å²) < 4.78 is 28.6. The zero-order valence-electron chi connectivity index (χ0n) is 22.7. The molecule has 0 radical (unpaired) electrons. The Balaban J connectivity index is 1.82. The Bertz CT molecular complexity index is 1290. The van der Waals surface area contributed by atoms with Gasteiger partial charge in [-0.05, 0) is 69.7 Å². The van der Waals surface area contributed by atoms with E-state index in [0.29, 0.717) is 24.6 Å². The molecule has 2 aliphatic heterocycles. The average Bonchev–Trinajstić information content (AvgIpc) is 3.14. The van der Waals surface area contributed by atoms with Crippen LogP contribution < -0.4 is 14.9 Å². The SMILES string of the molecule is CC(C)(C)c1ccc2c(n1)N1C[C@@H](CCC(CC(O)CO)Nc3cccc(n3)S(=O)(=O)NC2=O)CC1(C)C. The van der Waals surface area contributed by atoms with E-state index in [9.17, 15) is 23.4 Å². The number of amides is 1. The fourth-order valence-corrected chi connectivity index (χ4v) is 6.31. The van der Waals surface area contributed by atoms with Gasteiger partial charge < -0.3 is 20.4 Å². The van der Waals surface area contributed by atoms with Gasteiger partial charge in [0.25, 0.3) is 15.9 Å². The molecule has 4 heterocycles. The Labute approximate surface area is 224 Å². The van der Waals surface area contributed by atoms with Crippen molar-refractivity contribution < 1.29 is 23.4 Å². The molecule has 1 amide bonds. The number of sulfonamides is 1. The maximum atomic E-state index is 13.5. The number of fused-ring (bicyclic) bond motifs is 6. The molecule has 4 N–H and O–H groups in total. The first-order valence-corrected chi connectivity index (χ1v) is 14.6. The van der Waals surface area contributed by atoms with E-state index in [1.54, 1.807) is 24.3 Å². The van der Waals surface area contributed by atoms with Crippen LogP contribution in [0.1, 0.15) is 76.4 Å². The van der Waals surface area contributed by atoms with Crippen molar-refractivity contribution in [3.63, 3.8) is 0 Å². The quantitative estimate of drug-likeness (QED) is 0.457. The molecule has 0 saturated carbocycles. The van der Waals surface area contributed by atoms with Crippen molar-refractivity contribution in [3.05, 3.63) is 41.6 Å². The number of rotatable bonds is 3. The maximum Gasteiger partial charge on any atom is 0.281 e. The molecule has 4 bridgehead atoms.